The third-order valence-corrected chi connectivity index (χ3v) is 2.26. The minimum Gasteiger partial charge on any atom is -0.507 e. The molecule has 0 spiro atoms. The number of phenols is 1. The highest BCUT2D eigenvalue weighted by molar-refractivity contribution is 6.31. The maximum atomic E-state index is 11.8. The molecule has 2 N–H and O–H groups in total. The molecule has 2 rings (SSSR count). The Morgan fingerprint density at radius 3 is 2.88 bits per heavy atom. The second-order valence-electron chi connectivity index (χ2n) is 3.21. The van der Waals surface area contributed by atoms with E-state index in [2.05, 4.69) is 15.3 Å². The van der Waals surface area contributed by atoms with Gasteiger partial charge >= 0.3 is 0 Å². The van der Waals surface area contributed by atoms with Gasteiger partial charge in [0.15, 0.2) is 0 Å². The summed E-state index contributed by atoms with van der Waals surface area (Å²) in [6.07, 6.45) is 2.81. The van der Waals surface area contributed by atoms with Gasteiger partial charge in [-0.25, -0.2) is 9.97 Å². The van der Waals surface area contributed by atoms with E-state index in [-0.39, 0.29) is 11.3 Å². The highest BCUT2D eigenvalue weighted by atomic mass is 35.5. The van der Waals surface area contributed by atoms with Crippen LogP contribution in [0.1, 0.15) is 10.4 Å². The molecule has 0 bridgehead atoms. The first-order valence-electron chi connectivity index (χ1n) is 4.72. The summed E-state index contributed by atoms with van der Waals surface area (Å²) in [5.41, 5.74) is 0.0936. The molecule has 0 saturated heterocycles. The van der Waals surface area contributed by atoms with Gasteiger partial charge in [0.1, 0.15) is 17.9 Å². The van der Waals surface area contributed by atoms with E-state index in [4.69, 9.17) is 11.6 Å². The number of hydrogen-bond donors (Lipinski definition) is 2. The Morgan fingerprint density at radius 2 is 2.18 bits per heavy atom. The van der Waals surface area contributed by atoms with Crippen molar-refractivity contribution in [3.8, 4) is 5.75 Å². The van der Waals surface area contributed by atoms with Crippen LogP contribution in [0.25, 0.3) is 0 Å². The monoisotopic (exact) mass is 249 g/mol. The van der Waals surface area contributed by atoms with Crippen LogP contribution in [-0.4, -0.2) is 21.0 Å². The first kappa shape index (κ1) is 11.3. The summed E-state index contributed by atoms with van der Waals surface area (Å²) in [4.78, 5) is 19.4. The number of rotatable bonds is 2. The van der Waals surface area contributed by atoms with Gasteiger partial charge in [0.05, 0.1) is 5.56 Å². The molecule has 17 heavy (non-hydrogen) atoms. The fourth-order valence-electron chi connectivity index (χ4n) is 1.24. The van der Waals surface area contributed by atoms with Crippen LogP contribution in [0.15, 0.2) is 36.8 Å². The second-order valence-corrected chi connectivity index (χ2v) is 3.65. The summed E-state index contributed by atoms with van der Waals surface area (Å²) in [5, 5.41) is 12.4. The van der Waals surface area contributed by atoms with Gasteiger partial charge in [0.2, 0.25) is 0 Å². The number of anilines is 1. The zero-order valence-electron chi connectivity index (χ0n) is 8.59. The maximum Gasteiger partial charge on any atom is 0.260 e. The SMILES string of the molecule is O=C(Nc1ccncn1)c1cc(Cl)ccc1O. The molecular weight excluding hydrogens is 242 g/mol. The van der Waals surface area contributed by atoms with Crippen molar-refractivity contribution < 1.29 is 9.90 Å². The lowest BCUT2D eigenvalue weighted by atomic mass is 10.2. The fourth-order valence-corrected chi connectivity index (χ4v) is 1.41. The van der Waals surface area contributed by atoms with Crippen molar-refractivity contribution in [1.29, 1.82) is 0 Å². The van der Waals surface area contributed by atoms with Crippen LogP contribution in [0.3, 0.4) is 0 Å². The largest absolute Gasteiger partial charge is 0.507 e. The molecule has 6 heteroatoms. The number of aromatic hydroxyl groups is 1. The molecule has 0 radical (unpaired) electrons. The van der Waals surface area contributed by atoms with E-state index in [1.54, 1.807) is 6.07 Å². The number of carbonyl (C=O) groups excluding carboxylic acids is 1. The van der Waals surface area contributed by atoms with Gasteiger partial charge in [-0.3, -0.25) is 4.79 Å². The predicted octanol–water partition coefficient (Wildman–Crippen LogP) is 2.09. The molecule has 5 nitrogen and oxygen atoms in total. The molecule has 0 aliphatic rings. The van der Waals surface area contributed by atoms with Gasteiger partial charge < -0.3 is 10.4 Å². The Hall–Kier alpha value is -2.14. The fraction of sp³-hybridized carbons (Fsp3) is 0. The summed E-state index contributed by atoms with van der Waals surface area (Å²) in [7, 11) is 0. The number of carbonyl (C=O) groups is 1. The van der Waals surface area contributed by atoms with Crippen molar-refractivity contribution in [1.82, 2.24) is 9.97 Å². The number of phenolic OH excluding ortho intramolecular Hbond substituents is 1. The van der Waals surface area contributed by atoms with E-state index in [0.717, 1.165) is 0 Å². The molecule has 1 aromatic heterocycles. The molecule has 0 aliphatic carbocycles. The third-order valence-electron chi connectivity index (χ3n) is 2.03. The quantitative estimate of drug-likeness (QED) is 0.855. The van der Waals surface area contributed by atoms with Gasteiger partial charge in [-0.2, -0.15) is 0 Å². The van der Waals surface area contributed by atoms with Crippen molar-refractivity contribution >= 4 is 23.3 Å². The molecule has 0 atom stereocenters. The van der Waals surface area contributed by atoms with Crippen molar-refractivity contribution in [2.24, 2.45) is 0 Å². The number of hydrogen-bond acceptors (Lipinski definition) is 4. The number of nitrogens with zero attached hydrogens (tertiary/aromatic N) is 2. The molecule has 1 heterocycles. The second kappa shape index (κ2) is 4.80. The van der Waals surface area contributed by atoms with E-state index < -0.39 is 5.91 Å². The summed E-state index contributed by atoms with van der Waals surface area (Å²) in [5.74, 6) is -0.269. The average Bonchev–Trinajstić information content (AvgIpc) is 2.33. The van der Waals surface area contributed by atoms with Crippen LogP contribution in [0.5, 0.6) is 5.75 Å². The molecule has 0 aliphatic heterocycles. The lowest BCUT2D eigenvalue weighted by Crippen LogP contribution is -2.13. The number of amides is 1. The van der Waals surface area contributed by atoms with E-state index in [1.165, 1.54) is 30.7 Å². The van der Waals surface area contributed by atoms with Crippen molar-refractivity contribution in [3.63, 3.8) is 0 Å². The summed E-state index contributed by atoms with van der Waals surface area (Å²) >= 11 is 5.75. The van der Waals surface area contributed by atoms with Gasteiger partial charge in [0.25, 0.3) is 5.91 Å². The standard InChI is InChI=1S/C11H8ClN3O2/c12-7-1-2-9(16)8(5-7)11(17)15-10-3-4-13-6-14-10/h1-6,16H,(H,13,14,15,17). The van der Waals surface area contributed by atoms with Crippen molar-refractivity contribution in [3.05, 3.63) is 47.4 Å². The Bertz CT molecular complexity index is 546. The van der Waals surface area contributed by atoms with Gasteiger partial charge in [-0.05, 0) is 24.3 Å². The average molecular weight is 250 g/mol. The molecule has 0 saturated carbocycles. The lowest BCUT2D eigenvalue weighted by molar-refractivity contribution is 0.102. The predicted molar refractivity (Wildman–Crippen MR) is 63.1 cm³/mol. The lowest BCUT2D eigenvalue weighted by Gasteiger charge is -2.05. The highest BCUT2D eigenvalue weighted by Gasteiger charge is 2.12. The van der Waals surface area contributed by atoms with E-state index in [1.807, 2.05) is 0 Å². The van der Waals surface area contributed by atoms with Gasteiger partial charge in [-0.1, -0.05) is 11.6 Å². The first-order valence-corrected chi connectivity index (χ1v) is 5.10. The molecule has 1 amide bonds. The summed E-state index contributed by atoms with van der Waals surface area (Å²) < 4.78 is 0. The molecular formula is C11H8ClN3O2. The molecule has 2 aromatic rings. The molecule has 0 fully saturated rings. The molecule has 86 valence electrons. The van der Waals surface area contributed by atoms with Crippen LogP contribution >= 0.6 is 11.6 Å². The minimum absolute atomic E-state index is 0.0936. The smallest absolute Gasteiger partial charge is 0.260 e. The number of aromatic nitrogens is 2. The van der Waals surface area contributed by atoms with Crippen molar-refractivity contribution in [2.75, 3.05) is 5.32 Å². The Morgan fingerprint density at radius 1 is 1.35 bits per heavy atom. The van der Waals surface area contributed by atoms with E-state index in [0.29, 0.717) is 10.8 Å². The number of nitrogens with one attached hydrogen (secondary N) is 1. The van der Waals surface area contributed by atoms with Gasteiger partial charge in [-0.15, -0.1) is 0 Å². The van der Waals surface area contributed by atoms with Crippen LogP contribution in [0, 0.1) is 0 Å². The van der Waals surface area contributed by atoms with Crippen LogP contribution in [0.2, 0.25) is 5.02 Å². The van der Waals surface area contributed by atoms with Crippen LogP contribution in [0.4, 0.5) is 5.82 Å². The van der Waals surface area contributed by atoms with Gasteiger partial charge in [0, 0.05) is 11.2 Å². The number of benzene rings is 1. The summed E-state index contributed by atoms with van der Waals surface area (Å²) in [6, 6.07) is 5.78. The maximum absolute atomic E-state index is 11.8. The molecule has 0 unspecified atom stereocenters. The van der Waals surface area contributed by atoms with Crippen LogP contribution in [-0.2, 0) is 0 Å². The first-order chi connectivity index (χ1) is 8.16. The zero-order valence-corrected chi connectivity index (χ0v) is 9.35. The Labute approximate surface area is 102 Å². The zero-order chi connectivity index (χ0) is 12.3. The van der Waals surface area contributed by atoms with Crippen LogP contribution < -0.4 is 5.32 Å². The topological polar surface area (TPSA) is 75.1 Å². The summed E-state index contributed by atoms with van der Waals surface area (Å²) in [6.45, 7) is 0. The Kier molecular flexibility index (Phi) is 3.20. The van der Waals surface area contributed by atoms with Crippen molar-refractivity contribution in [2.45, 2.75) is 0 Å². The highest BCUT2D eigenvalue weighted by Crippen LogP contribution is 2.22. The minimum atomic E-state index is -0.483. The number of halogens is 1. The van der Waals surface area contributed by atoms with E-state index >= 15 is 0 Å². The Balaban J connectivity index is 2.23. The molecule has 1 aromatic carbocycles. The third kappa shape index (κ3) is 2.70. The normalized spacial score (nSPS) is 9.94. The van der Waals surface area contributed by atoms with E-state index in [9.17, 15) is 9.90 Å².